The molecule has 3 aromatic rings. The standard InChI is InChI=1S/C19H22N6O/c1-18(2)16(19(18,3)4)17(26)20-15-9-12-8-11(6-7-13(12)21-23-15)14-10-25(5)24-22-14/h6-10,16H,1-5H3,(H,20,23,26). The van der Waals surface area contributed by atoms with Crippen LogP contribution in [0.5, 0.6) is 0 Å². The summed E-state index contributed by atoms with van der Waals surface area (Å²) in [5.41, 5.74) is 2.47. The third-order valence-corrected chi connectivity index (χ3v) is 6.02. The molecule has 2 aromatic heterocycles. The van der Waals surface area contributed by atoms with Crippen LogP contribution in [0.4, 0.5) is 5.82 Å². The minimum Gasteiger partial charge on any atom is -0.309 e. The molecule has 0 saturated heterocycles. The summed E-state index contributed by atoms with van der Waals surface area (Å²) in [7, 11) is 1.83. The molecule has 0 spiro atoms. The first-order valence-corrected chi connectivity index (χ1v) is 8.65. The van der Waals surface area contributed by atoms with Crippen LogP contribution in [0.15, 0.2) is 30.5 Å². The maximum absolute atomic E-state index is 12.6. The molecular formula is C19H22N6O. The molecule has 7 nitrogen and oxygen atoms in total. The van der Waals surface area contributed by atoms with Crippen LogP contribution in [0.1, 0.15) is 27.7 Å². The first kappa shape index (κ1) is 16.6. The second kappa shape index (κ2) is 5.33. The van der Waals surface area contributed by atoms with Gasteiger partial charge in [0.05, 0.1) is 11.7 Å². The van der Waals surface area contributed by atoms with Gasteiger partial charge in [0.25, 0.3) is 0 Å². The summed E-state index contributed by atoms with van der Waals surface area (Å²) in [6.07, 6.45) is 1.86. The monoisotopic (exact) mass is 350 g/mol. The molecular weight excluding hydrogens is 328 g/mol. The molecule has 1 amide bonds. The Morgan fingerprint density at radius 2 is 1.81 bits per heavy atom. The summed E-state index contributed by atoms with van der Waals surface area (Å²) in [5.74, 6) is 0.439. The van der Waals surface area contributed by atoms with Crippen molar-refractivity contribution in [2.75, 3.05) is 5.32 Å². The molecule has 1 aliphatic carbocycles. The van der Waals surface area contributed by atoms with E-state index in [9.17, 15) is 4.79 Å². The van der Waals surface area contributed by atoms with Gasteiger partial charge >= 0.3 is 0 Å². The average Bonchev–Trinajstić information content (AvgIpc) is 2.87. The Kier molecular flexibility index (Phi) is 3.41. The number of anilines is 1. The minimum atomic E-state index is -0.0292. The summed E-state index contributed by atoms with van der Waals surface area (Å²) in [6.45, 7) is 8.49. The lowest BCUT2D eigenvalue weighted by atomic mass is 10.0. The number of carbonyl (C=O) groups excluding carboxylic acids is 1. The number of nitrogens with one attached hydrogen (secondary N) is 1. The average molecular weight is 350 g/mol. The van der Waals surface area contributed by atoms with Crippen LogP contribution >= 0.6 is 0 Å². The third-order valence-electron chi connectivity index (χ3n) is 6.02. The van der Waals surface area contributed by atoms with Gasteiger partial charge in [0.1, 0.15) is 5.69 Å². The highest BCUT2D eigenvalue weighted by molar-refractivity contribution is 5.96. The Labute approximate surface area is 151 Å². The summed E-state index contributed by atoms with van der Waals surface area (Å²) < 4.78 is 1.66. The highest BCUT2D eigenvalue weighted by Gasteiger charge is 2.68. The fourth-order valence-electron chi connectivity index (χ4n) is 3.80. The number of rotatable bonds is 3. The van der Waals surface area contributed by atoms with E-state index in [0.717, 1.165) is 22.2 Å². The molecule has 0 atom stereocenters. The van der Waals surface area contributed by atoms with Crippen molar-refractivity contribution in [2.45, 2.75) is 27.7 Å². The fraction of sp³-hybridized carbons (Fsp3) is 0.421. The molecule has 1 saturated carbocycles. The molecule has 2 heterocycles. The number of carbonyl (C=O) groups is 1. The van der Waals surface area contributed by atoms with Gasteiger partial charge in [-0.15, -0.1) is 15.3 Å². The Morgan fingerprint density at radius 1 is 1.08 bits per heavy atom. The number of fused-ring (bicyclic) bond motifs is 1. The van der Waals surface area contributed by atoms with Gasteiger partial charge in [-0.1, -0.05) is 39.0 Å². The van der Waals surface area contributed by atoms with Gasteiger partial charge < -0.3 is 5.32 Å². The number of hydrogen-bond acceptors (Lipinski definition) is 5. The Morgan fingerprint density at radius 3 is 2.42 bits per heavy atom. The van der Waals surface area contributed by atoms with Crippen molar-refractivity contribution >= 4 is 22.6 Å². The SMILES string of the molecule is Cn1cc(-c2ccc3nnc(NC(=O)C4C(C)(C)C4(C)C)cc3c2)nn1. The molecule has 1 aliphatic rings. The second-order valence-corrected chi connectivity index (χ2v) is 8.15. The van der Waals surface area contributed by atoms with Crippen LogP contribution in [0.25, 0.3) is 22.2 Å². The van der Waals surface area contributed by atoms with Gasteiger partial charge in [-0.3, -0.25) is 9.48 Å². The maximum Gasteiger partial charge on any atom is 0.229 e. The van der Waals surface area contributed by atoms with Gasteiger partial charge in [0.2, 0.25) is 5.91 Å². The highest BCUT2D eigenvalue weighted by atomic mass is 16.2. The number of amides is 1. The Hall–Kier alpha value is -2.83. The molecule has 26 heavy (non-hydrogen) atoms. The van der Waals surface area contributed by atoms with E-state index < -0.39 is 0 Å². The summed E-state index contributed by atoms with van der Waals surface area (Å²) in [5, 5.41) is 20.3. The fourth-order valence-corrected chi connectivity index (χ4v) is 3.80. The Bertz CT molecular complexity index is 1010. The van der Waals surface area contributed by atoms with Crippen LogP contribution in [0.3, 0.4) is 0 Å². The maximum atomic E-state index is 12.6. The summed E-state index contributed by atoms with van der Waals surface area (Å²) in [6, 6.07) is 7.66. The van der Waals surface area contributed by atoms with Crippen molar-refractivity contribution in [2.24, 2.45) is 23.8 Å². The molecule has 0 radical (unpaired) electrons. The lowest BCUT2D eigenvalue weighted by Gasteiger charge is -2.06. The normalized spacial score (nSPS) is 18.0. The van der Waals surface area contributed by atoms with Crippen molar-refractivity contribution in [1.29, 1.82) is 0 Å². The van der Waals surface area contributed by atoms with Crippen molar-refractivity contribution in [3.63, 3.8) is 0 Å². The smallest absolute Gasteiger partial charge is 0.229 e. The van der Waals surface area contributed by atoms with E-state index in [1.54, 1.807) is 4.68 Å². The summed E-state index contributed by atoms with van der Waals surface area (Å²) >= 11 is 0. The zero-order chi connectivity index (χ0) is 18.7. The van der Waals surface area contributed by atoms with Gasteiger partial charge in [-0.2, -0.15) is 0 Å². The number of benzene rings is 1. The van der Waals surface area contributed by atoms with E-state index in [-0.39, 0.29) is 22.7 Å². The number of hydrogen-bond donors (Lipinski definition) is 1. The number of aromatic nitrogens is 5. The van der Waals surface area contributed by atoms with Crippen LogP contribution in [0, 0.1) is 16.7 Å². The Balaban J connectivity index is 1.62. The number of aryl methyl sites for hydroxylation is 1. The first-order chi connectivity index (χ1) is 12.2. The second-order valence-electron chi connectivity index (χ2n) is 8.15. The molecule has 1 aromatic carbocycles. The van der Waals surface area contributed by atoms with Gasteiger partial charge in [0.15, 0.2) is 5.82 Å². The molecule has 1 N–H and O–H groups in total. The topological polar surface area (TPSA) is 85.6 Å². The van der Waals surface area contributed by atoms with Gasteiger partial charge in [0, 0.05) is 23.9 Å². The third kappa shape index (κ3) is 2.46. The predicted molar refractivity (Wildman–Crippen MR) is 99.2 cm³/mol. The zero-order valence-corrected chi connectivity index (χ0v) is 15.6. The molecule has 134 valence electrons. The van der Waals surface area contributed by atoms with E-state index in [1.807, 2.05) is 37.5 Å². The lowest BCUT2D eigenvalue weighted by molar-refractivity contribution is -0.118. The van der Waals surface area contributed by atoms with Crippen LogP contribution < -0.4 is 5.32 Å². The largest absolute Gasteiger partial charge is 0.309 e. The molecule has 7 heteroatoms. The molecule has 4 rings (SSSR count). The van der Waals surface area contributed by atoms with Crippen LogP contribution in [0.2, 0.25) is 0 Å². The predicted octanol–water partition coefficient (Wildman–Crippen LogP) is 3.05. The van der Waals surface area contributed by atoms with Crippen molar-refractivity contribution in [3.05, 3.63) is 30.5 Å². The lowest BCUT2D eigenvalue weighted by Crippen LogP contribution is -2.18. The zero-order valence-electron chi connectivity index (χ0n) is 15.6. The van der Waals surface area contributed by atoms with Crippen LogP contribution in [-0.4, -0.2) is 31.1 Å². The molecule has 0 bridgehead atoms. The van der Waals surface area contributed by atoms with E-state index in [1.165, 1.54) is 0 Å². The van der Waals surface area contributed by atoms with Crippen molar-refractivity contribution < 1.29 is 4.79 Å². The molecule has 0 aliphatic heterocycles. The first-order valence-electron chi connectivity index (χ1n) is 8.65. The highest BCUT2D eigenvalue weighted by Crippen LogP contribution is 2.68. The van der Waals surface area contributed by atoms with Crippen molar-refractivity contribution in [1.82, 2.24) is 25.2 Å². The van der Waals surface area contributed by atoms with E-state index in [2.05, 4.69) is 53.5 Å². The van der Waals surface area contributed by atoms with Crippen molar-refractivity contribution in [3.8, 4) is 11.3 Å². The van der Waals surface area contributed by atoms with E-state index in [4.69, 9.17) is 0 Å². The molecule has 1 fully saturated rings. The summed E-state index contributed by atoms with van der Waals surface area (Å²) in [4.78, 5) is 12.6. The van der Waals surface area contributed by atoms with E-state index in [0.29, 0.717) is 5.82 Å². The van der Waals surface area contributed by atoms with Gasteiger partial charge in [-0.05, 0) is 29.0 Å². The number of nitrogens with zero attached hydrogens (tertiary/aromatic N) is 5. The van der Waals surface area contributed by atoms with Crippen LogP contribution in [-0.2, 0) is 11.8 Å². The minimum absolute atomic E-state index is 0.00118. The van der Waals surface area contributed by atoms with E-state index >= 15 is 0 Å². The van der Waals surface area contributed by atoms with Gasteiger partial charge in [-0.25, -0.2) is 0 Å². The quantitative estimate of drug-likeness (QED) is 0.785. The molecule has 0 unspecified atom stereocenters.